The van der Waals surface area contributed by atoms with Gasteiger partial charge < -0.3 is 0 Å². The van der Waals surface area contributed by atoms with Crippen molar-refractivity contribution >= 4 is 0 Å². The van der Waals surface area contributed by atoms with Gasteiger partial charge in [0.15, 0.2) is 0 Å². The second-order valence-corrected chi connectivity index (χ2v) is 8.59. The molecule has 0 unspecified atom stereocenters. The Balaban J connectivity index is 1.43. The van der Waals surface area contributed by atoms with E-state index >= 15 is 0 Å². The fourth-order valence-corrected chi connectivity index (χ4v) is 4.68. The normalized spacial score (nSPS) is 19.3. The van der Waals surface area contributed by atoms with E-state index in [-0.39, 0.29) is 0 Å². The van der Waals surface area contributed by atoms with Crippen LogP contribution < -0.4 is 0 Å². The van der Waals surface area contributed by atoms with E-state index in [1.807, 2.05) is 24.3 Å². The SMILES string of the molecule is CCCCCCCC[C@H]1CC[C@H](c2ccc(-c3ccc(C#N)cc3)cc2)CC1. The smallest absolute Gasteiger partial charge is 0.0991 e. The molecule has 0 saturated heterocycles. The summed E-state index contributed by atoms with van der Waals surface area (Å²) in [4.78, 5) is 0. The van der Waals surface area contributed by atoms with E-state index < -0.39 is 0 Å². The molecule has 0 atom stereocenters. The van der Waals surface area contributed by atoms with Crippen LogP contribution in [0.3, 0.4) is 0 Å². The molecule has 0 aromatic heterocycles. The van der Waals surface area contributed by atoms with E-state index in [0.29, 0.717) is 0 Å². The van der Waals surface area contributed by atoms with Crippen molar-refractivity contribution in [2.75, 3.05) is 0 Å². The Hall–Kier alpha value is -2.07. The third kappa shape index (κ3) is 5.96. The van der Waals surface area contributed by atoms with Gasteiger partial charge in [-0.25, -0.2) is 0 Å². The van der Waals surface area contributed by atoms with Gasteiger partial charge in [0.1, 0.15) is 0 Å². The number of hydrogen-bond donors (Lipinski definition) is 0. The molecule has 1 heteroatoms. The van der Waals surface area contributed by atoms with Gasteiger partial charge in [-0.05, 0) is 66.3 Å². The van der Waals surface area contributed by atoms with Gasteiger partial charge in [0.2, 0.25) is 0 Å². The van der Waals surface area contributed by atoms with Gasteiger partial charge in [-0.3, -0.25) is 0 Å². The summed E-state index contributed by atoms with van der Waals surface area (Å²) in [5.41, 5.74) is 4.66. The third-order valence-electron chi connectivity index (χ3n) is 6.54. The Morgan fingerprint density at radius 1 is 0.750 bits per heavy atom. The van der Waals surface area contributed by atoms with Crippen LogP contribution in [-0.2, 0) is 0 Å². The molecule has 1 nitrogen and oxygen atoms in total. The fraction of sp³-hybridized carbons (Fsp3) is 0.519. The standard InChI is InChI=1S/C27H35N/c1-2-3-4-5-6-7-8-22-9-13-24(14-10-22)26-17-19-27(20-18-26)25-15-11-23(21-28)12-16-25/h11-12,15-20,22,24H,2-10,13-14H2,1H3/t22-,24-. The van der Waals surface area contributed by atoms with Crippen LogP contribution in [0, 0.1) is 17.2 Å². The molecule has 0 radical (unpaired) electrons. The summed E-state index contributed by atoms with van der Waals surface area (Å²) in [5, 5.41) is 8.94. The molecule has 0 amide bonds. The van der Waals surface area contributed by atoms with E-state index in [2.05, 4.69) is 37.3 Å². The molecule has 0 heterocycles. The molecule has 0 aliphatic heterocycles. The molecule has 2 aromatic carbocycles. The molecule has 28 heavy (non-hydrogen) atoms. The van der Waals surface area contributed by atoms with Gasteiger partial charge >= 0.3 is 0 Å². The number of nitrogens with zero attached hydrogens (tertiary/aromatic N) is 1. The third-order valence-corrected chi connectivity index (χ3v) is 6.54. The lowest BCUT2D eigenvalue weighted by Crippen LogP contribution is -2.13. The van der Waals surface area contributed by atoms with Gasteiger partial charge in [-0.15, -0.1) is 0 Å². The fourth-order valence-electron chi connectivity index (χ4n) is 4.68. The first kappa shape index (κ1) is 20.7. The van der Waals surface area contributed by atoms with Crippen LogP contribution in [0.1, 0.15) is 94.6 Å². The van der Waals surface area contributed by atoms with Crippen LogP contribution in [0.15, 0.2) is 48.5 Å². The van der Waals surface area contributed by atoms with Crippen molar-refractivity contribution in [2.24, 2.45) is 5.92 Å². The topological polar surface area (TPSA) is 23.8 Å². The molecule has 2 aromatic rings. The maximum absolute atomic E-state index is 8.94. The van der Waals surface area contributed by atoms with Crippen molar-refractivity contribution in [2.45, 2.75) is 83.5 Å². The largest absolute Gasteiger partial charge is 0.192 e. The lowest BCUT2D eigenvalue weighted by atomic mass is 9.77. The van der Waals surface area contributed by atoms with Crippen LogP contribution >= 0.6 is 0 Å². The molecular formula is C27H35N. The highest BCUT2D eigenvalue weighted by Crippen LogP contribution is 2.38. The monoisotopic (exact) mass is 373 g/mol. The zero-order chi connectivity index (χ0) is 19.6. The molecule has 1 aliphatic rings. The Kier molecular flexibility index (Phi) is 8.16. The molecule has 0 N–H and O–H groups in total. The van der Waals surface area contributed by atoms with E-state index in [0.717, 1.165) is 17.4 Å². The zero-order valence-electron chi connectivity index (χ0n) is 17.5. The average Bonchev–Trinajstić information content (AvgIpc) is 2.77. The van der Waals surface area contributed by atoms with E-state index in [9.17, 15) is 0 Å². The zero-order valence-corrected chi connectivity index (χ0v) is 17.5. The van der Waals surface area contributed by atoms with Gasteiger partial charge in [0.05, 0.1) is 11.6 Å². The molecule has 1 saturated carbocycles. The Labute approximate surface area is 171 Å². The molecule has 0 spiro atoms. The van der Waals surface area contributed by atoms with Crippen molar-refractivity contribution in [3.8, 4) is 17.2 Å². The van der Waals surface area contributed by atoms with Gasteiger partial charge in [0.25, 0.3) is 0 Å². The predicted molar refractivity (Wildman–Crippen MR) is 119 cm³/mol. The van der Waals surface area contributed by atoms with E-state index in [1.165, 1.54) is 87.3 Å². The minimum atomic E-state index is 0.720. The summed E-state index contributed by atoms with van der Waals surface area (Å²) in [6.07, 6.45) is 15.5. The maximum atomic E-state index is 8.94. The summed E-state index contributed by atoms with van der Waals surface area (Å²) in [5.74, 6) is 1.72. The summed E-state index contributed by atoms with van der Waals surface area (Å²) in [7, 11) is 0. The first-order valence-electron chi connectivity index (χ1n) is 11.4. The van der Waals surface area contributed by atoms with Crippen molar-refractivity contribution in [3.63, 3.8) is 0 Å². The molecule has 148 valence electrons. The quantitative estimate of drug-likeness (QED) is 0.406. The van der Waals surface area contributed by atoms with Crippen molar-refractivity contribution < 1.29 is 0 Å². The van der Waals surface area contributed by atoms with Crippen LogP contribution in [0.25, 0.3) is 11.1 Å². The summed E-state index contributed by atoms with van der Waals surface area (Å²) < 4.78 is 0. The van der Waals surface area contributed by atoms with Crippen LogP contribution in [0.5, 0.6) is 0 Å². The maximum Gasteiger partial charge on any atom is 0.0991 e. The first-order chi connectivity index (χ1) is 13.8. The molecule has 0 bridgehead atoms. The van der Waals surface area contributed by atoms with Crippen molar-refractivity contribution in [3.05, 3.63) is 59.7 Å². The molecular weight excluding hydrogens is 338 g/mol. The van der Waals surface area contributed by atoms with Crippen LogP contribution in [-0.4, -0.2) is 0 Å². The van der Waals surface area contributed by atoms with Gasteiger partial charge in [-0.2, -0.15) is 5.26 Å². The lowest BCUT2D eigenvalue weighted by molar-refractivity contribution is 0.302. The number of unbranched alkanes of at least 4 members (excludes halogenated alkanes) is 5. The number of benzene rings is 2. The first-order valence-corrected chi connectivity index (χ1v) is 11.4. The molecule has 1 aliphatic carbocycles. The van der Waals surface area contributed by atoms with Crippen molar-refractivity contribution in [1.82, 2.24) is 0 Å². The van der Waals surface area contributed by atoms with Gasteiger partial charge in [0, 0.05) is 0 Å². The number of hydrogen-bond acceptors (Lipinski definition) is 1. The predicted octanol–water partition coefficient (Wildman–Crippen LogP) is 8.25. The average molecular weight is 374 g/mol. The second-order valence-electron chi connectivity index (χ2n) is 8.59. The number of rotatable bonds is 9. The molecule has 3 rings (SSSR count). The van der Waals surface area contributed by atoms with E-state index in [4.69, 9.17) is 5.26 Å². The van der Waals surface area contributed by atoms with Crippen molar-refractivity contribution in [1.29, 1.82) is 5.26 Å². The highest BCUT2D eigenvalue weighted by molar-refractivity contribution is 5.64. The van der Waals surface area contributed by atoms with Gasteiger partial charge in [-0.1, -0.05) is 88.3 Å². The lowest BCUT2D eigenvalue weighted by Gasteiger charge is -2.29. The second kappa shape index (κ2) is 11.1. The van der Waals surface area contributed by atoms with Crippen LogP contribution in [0.4, 0.5) is 0 Å². The number of nitriles is 1. The van der Waals surface area contributed by atoms with E-state index in [1.54, 1.807) is 0 Å². The summed E-state index contributed by atoms with van der Waals surface area (Å²) >= 11 is 0. The summed E-state index contributed by atoms with van der Waals surface area (Å²) in [6, 6.07) is 19.2. The Bertz CT molecular complexity index is 727. The minimum Gasteiger partial charge on any atom is -0.192 e. The summed E-state index contributed by atoms with van der Waals surface area (Å²) in [6.45, 7) is 2.29. The highest BCUT2D eigenvalue weighted by Gasteiger charge is 2.22. The molecule has 1 fully saturated rings. The van der Waals surface area contributed by atoms with Crippen LogP contribution in [0.2, 0.25) is 0 Å². The Morgan fingerprint density at radius 3 is 1.93 bits per heavy atom. The highest BCUT2D eigenvalue weighted by atomic mass is 14.3. The Morgan fingerprint density at radius 2 is 1.32 bits per heavy atom. The minimum absolute atomic E-state index is 0.720.